The second-order valence-electron chi connectivity index (χ2n) is 5.05. The highest BCUT2D eigenvalue weighted by molar-refractivity contribution is 5.88. The fourth-order valence-corrected chi connectivity index (χ4v) is 2.03. The van der Waals surface area contributed by atoms with Crippen LogP contribution in [0, 0.1) is 5.92 Å². The van der Waals surface area contributed by atoms with Gasteiger partial charge in [0.15, 0.2) is 5.82 Å². The summed E-state index contributed by atoms with van der Waals surface area (Å²) < 4.78 is 1.88. The van der Waals surface area contributed by atoms with Gasteiger partial charge in [0, 0.05) is 13.2 Å². The largest absolute Gasteiger partial charge is 0.480 e. The van der Waals surface area contributed by atoms with Gasteiger partial charge in [-0.3, -0.25) is 0 Å². The van der Waals surface area contributed by atoms with E-state index in [-0.39, 0.29) is 5.92 Å². The third kappa shape index (κ3) is 2.83. The normalized spacial score (nSPS) is 12.8. The quantitative estimate of drug-likeness (QED) is 0.860. The number of hydrogen-bond donors (Lipinski definition) is 2. The van der Waals surface area contributed by atoms with E-state index in [1.165, 1.54) is 0 Å². The van der Waals surface area contributed by atoms with Gasteiger partial charge < -0.3 is 15.0 Å². The molecule has 0 spiro atoms. The number of nitrogens with zero attached hydrogens (tertiary/aromatic N) is 3. The lowest BCUT2D eigenvalue weighted by Gasteiger charge is -2.17. The van der Waals surface area contributed by atoms with Crippen molar-refractivity contribution >= 4 is 22.8 Å². The maximum Gasteiger partial charge on any atom is 0.326 e. The zero-order chi connectivity index (χ0) is 14.0. The van der Waals surface area contributed by atoms with Gasteiger partial charge in [-0.25, -0.2) is 14.8 Å². The molecule has 0 saturated heterocycles. The molecule has 0 aromatic carbocycles. The van der Waals surface area contributed by atoms with Gasteiger partial charge in [0.25, 0.3) is 0 Å². The number of pyridine rings is 1. The zero-order valence-electron chi connectivity index (χ0n) is 11.3. The number of aliphatic carboxylic acids is 1. The van der Waals surface area contributed by atoms with Crippen LogP contribution in [-0.2, 0) is 11.8 Å². The first-order valence-corrected chi connectivity index (χ1v) is 6.24. The first-order valence-electron chi connectivity index (χ1n) is 6.24. The Hall–Kier alpha value is -2.11. The number of aryl methyl sites for hydroxylation is 1. The number of nitrogens with one attached hydrogen (secondary N) is 1. The van der Waals surface area contributed by atoms with Crippen LogP contribution in [0.5, 0.6) is 0 Å². The predicted octanol–water partition coefficient (Wildman–Crippen LogP) is 1.88. The van der Waals surface area contributed by atoms with Crippen molar-refractivity contribution in [1.82, 2.24) is 14.5 Å². The molecule has 0 saturated carbocycles. The molecular weight excluding hydrogens is 244 g/mol. The minimum atomic E-state index is -0.872. The molecule has 1 atom stereocenters. The topological polar surface area (TPSA) is 80.0 Å². The van der Waals surface area contributed by atoms with Crippen LogP contribution in [0.1, 0.15) is 20.3 Å². The molecule has 0 radical (unpaired) electrons. The smallest absolute Gasteiger partial charge is 0.326 e. The van der Waals surface area contributed by atoms with E-state index in [0.29, 0.717) is 17.8 Å². The highest BCUT2D eigenvalue weighted by Crippen LogP contribution is 2.20. The Morgan fingerprint density at radius 2 is 2.21 bits per heavy atom. The van der Waals surface area contributed by atoms with Crippen LogP contribution in [0.3, 0.4) is 0 Å². The van der Waals surface area contributed by atoms with E-state index >= 15 is 0 Å². The molecule has 0 aliphatic heterocycles. The average molecular weight is 262 g/mol. The Balaban J connectivity index is 2.31. The Kier molecular flexibility index (Phi) is 3.69. The van der Waals surface area contributed by atoms with Crippen molar-refractivity contribution in [3.05, 3.63) is 18.6 Å². The van der Waals surface area contributed by atoms with Crippen molar-refractivity contribution in [1.29, 1.82) is 0 Å². The Morgan fingerprint density at radius 3 is 2.84 bits per heavy atom. The Bertz CT molecular complexity index is 591. The number of anilines is 1. The zero-order valence-corrected chi connectivity index (χ0v) is 11.3. The summed E-state index contributed by atoms with van der Waals surface area (Å²) in [4.78, 5) is 19.7. The van der Waals surface area contributed by atoms with E-state index < -0.39 is 12.0 Å². The maximum absolute atomic E-state index is 11.3. The molecule has 6 heteroatoms. The second kappa shape index (κ2) is 5.26. The highest BCUT2D eigenvalue weighted by atomic mass is 16.4. The molecule has 0 fully saturated rings. The number of fused-ring (bicyclic) bond motifs is 1. The Labute approximate surface area is 111 Å². The van der Waals surface area contributed by atoms with Gasteiger partial charge in [-0.05, 0) is 18.4 Å². The molecule has 1 unspecified atom stereocenters. The van der Waals surface area contributed by atoms with Crippen LogP contribution in [0.25, 0.3) is 11.0 Å². The van der Waals surface area contributed by atoms with Gasteiger partial charge >= 0.3 is 5.97 Å². The van der Waals surface area contributed by atoms with E-state index in [1.807, 2.05) is 31.5 Å². The molecule has 2 heterocycles. The lowest BCUT2D eigenvalue weighted by atomic mass is 10.0. The second-order valence-corrected chi connectivity index (χ2v) is 5.05. The number of carboxylic acid groups (broad SMARTS) is 1. The van der Waals surface area contributed by atoms with Crippen LogP contribution in [0.2, 0.25) is 0 Å². The fourth-order valence-electron chi connectivity index (χ4n) is 2.03. The lowest BCUT2D eigenvalue weighted by molar-refractivity contribution is -0.138. The number of carboxylic acids is 1. The van der Waals surface area contributed by atoms with Crippen molar-refractivity contribution in [3.8, 4) is 0 Å². The lowest BCUT2D eigenvalue weighted by Crippen LogP contribution is -2.31. The molecule has 0 aliphatic carbocycles. The molecule has 102 valence electrons. The molecule has 2 aromatic rings. The molecule has 2 rings (SSSR count). The van der Waals surface area contributed by atoms with Gasteiger partial charge in [-0.15, -0.1) is 0 Å². The number of hydrogen-bond acceptors (Lipinski definition) is 4. The van der Waals surface area contributed by atoms with Crippen LogP contribution in [0.4, 0.5) is 5.82 Å². The van der Waals surface area contributed by atoms with Crippen molar-refractivity contribution in [2.45, 2.75) is 26.3 Å². The SMILES string of the molecule is CC(C)CC(Nc1nccc2c1ncn2C)C(=O)O. The van der Waals surface area contributed by atoms with Crippen molar-refractivity contribution in [3.63, 3.8) is 0 Å². The predicted molar refractivity (Wildman–Crippen MR) is 73.0 cm³/mol. The van der Waals surface area contributed by atoms with E-state index in [0.717, 1.165) is 5.52 Å². The van der Waals surface area contributed by atoms with E-state index in [4.69, 9.17) is 0 Å². The van der Waals surface area contributed by atoms with Gasteiger partial charge in [-0.2, -0.15) is 0 Å². The number of aromatic nitrogens is 3. The standard InChI is InChI=1S/C13H18N4O2/c1-8(2)6-9(13(18)19)16-12-11-10(4-5-14-12)17(3)7-15-11/h4-5,7-9H,6H2,1-3H3,(H,14,16)(H,18,19). The summed E-state index contributed by atoms with van der Waals surface area (Å²) in [5.41, 5.74) is 1.62. The molecule has 6 nitrogen and oxygen atoms in total. The molecule has 2 aromatic heterocycles. The minimum Gasteiger partial charge on any atom is -0.480 e. The average Bonchev–Trinajstić information content (AvgIpc) is 2.71. The van der Waals surface area contributed by atoms with Crippen molar-refractivity contribution in [2.75, 3.05) is 5.32 Å². The number of rotatable bonds is 5. The molecular formula is C13H18N4O2. The molecule has 2 N–H and O–H groups in total. The Morgan fingerprint density at radius 1 is 1.47 bits per heavy atom. The van der Waals surface area contributed by atoms with E-state index in [9.17, 15) is 9.90 Å². The minimum absolute atomic E-state index is 0.288. The number of carbonyl (C=O) groups is 1. The van der Waals surface area contributed by atoms with Crippen LogP contribution < -0.4 is 5.32 Å². The third-order valence-corrected chi connectivity index (χ3v) is 2.96. The first-order chi connectivity index (χ1) is 8.99. The molecule has 0 aliphatic rings. The van der Waals surface area contributed by atoms with Gasteiger partial charge in [-0.1, -0.05) is 13.8 Å². The molecule has 19 heavy (non-hydrogen) atoms. The van der Waals surface area contributed by atoms with Crippen molar-refractivity contribution < 1.29 is 9.90 Å². The van der Waals surface area contributed by atoms with Gasteiger partial charge in [0.2, 0.25) is 0 Å². The summed E-state index contributed by atoms with van der Waals surface area (Å²) in [6.45, 7) is 3.98. The summed E-state index contributed by atoms with van der Waals surface area (Å²) in [6.07, 6.45) is 3.89. The van der Waals surface area contributed by atoms with E-state index in [2.05, 4.69) is 15.3 Å². The summed E-state index contributed by atoms with van der Waals surface area (Å²) in [5.74, 6) is -0.0638. The van der Waals surface area contributed by atoms with Crippen LogP contribution in [-0.4, -0.2) is 31.7 Å². The summed E-state index contributed by atoms with van der Waals surface area (Å²) in [6, 6.07) is 1.20. The van der Waals surface area contributed by atoms with Gasteiger partial charge in [0.05, 0.1) is 11.8 Å². The van der Waals surface area contributed by atoms with Crippen LogP contribution in [0.15, 0.2) is 18.6 Å². The van der Waals surface area contributed by atoms with Crippen LogP contribution >= 0.6 is 0 Å². The summed E-state index contributed by atoms with van der Waals surface area (Å²) in [7, 11) is 1.89. The van der Waals surface area contributed by atoms with Gasteiger partial charge in [0.1, 0.15) is 11.6 Å². The summed E-state index contributed by atoms with van der Waals surface area (Å²) >= 11 is 0. The fraction of sp³-hybridized carbons (Fsp3) is 0.462. The molecule has 0 bridgehead atoms. The monoisotopic (exact) mass is 262 g/mol. The van der Waals surface area contributed by atoms with Crippen molar-refractivity contribution in [2.24, 2.45) is 13.0 Å². The highest BCUT2D eigenvalue weighted by Gasteiger charge is 2.20. The summed E-state index contributed by atoms with van der Waals surface area (Å²) in [5, 5.41) is 12.2. The number of imidazole rings is 1. The first kappa shape index (κ1) is 13.3. The molecule has 0 amide bonds. The third-order valence-electron chi connectivity index (χ3n) is 2.96. The van der Waals surface area contributed by atoms with E-state index in [1.54, 1.807) is 12.5 Å². The maximum atomic E-state index is 11.3.